The number of allylic oxidation sites excluding steroid dienone is 2. The summed E-state index contributed by atoms with van der Waals surface area (Å²) in [5, 5.41) is 0. The van der Waals surface area contributed by atoms with Crippen LogP contribution in [0, 0.1) is 0 Å². The highest BCUT2D eigenvalue weighted by Gasteiger charge is 2.37. The predicted octanol–water partition coefficient (Wildman–Crippen LogP) is 6.28. The number of likely N-dealkylation sites (N-methyl/N-ethyl adjacent to an activating group) is 1. The summed E-state index contributed by atoms with van der Waals surface area (Å²) in [4.78, 5) is 4.98. The van der Waals surface area contributed by atoms with E-state index in [1.54, 1.807) is 0 Å². The average molecular weight is 379 g/mol. The maximum Gasteiger partial charge on any atom is 0.0598 e. The molecule has 1 unspecified atom stereocenters. The smallest absolute Gasteiger partial charge is 0.0598 e. The zero-order valence-corrected chi connectivity index (χ0v) is 18.0. The van der Waals surface area contributed by atoms with Crippen LogP contribution >= 0.6 is 0 Å². The summed E-state index contributed by atoms with van der Waals surface area (Å²) in [5.41, 5.74) is 4.29. The van der Waals surface area contributed by atoms with Gasteiger partial charge in [0.2, 0.25) is 0 Å². The predicted molar refractivity (Wildman–Crippen MR) is 121 cm³/mol. The molecule has 1 aromatic carbocycles. The number of benzene rings is 1. The molecule has 1 aliphatic carbocycles. The van der Waals surface area contributed by atoms with Crippen LogP contribution in [-0.4, -0.2) is 36.0 Å². The van der Waals surface area contributed by atoms with Crippen LogP contribution in [0.3, 0.4) is 0 Å². The van der Waals surface area contributed by atoms with E-state index in [0.29, 0.717) is 11.5 Å². The molecular formula is C26H38N2. The average Bonchev–Trinajstić information content (AvgIpc) is 3.21. The molecule has 28 heavy (non-hydrogen) atoms. The first-order chi connectivity index (χ1) is 13.6. The molecule has 2 fully saturated rings. The molecular weight excluding hydrogens is 340 g/mol. The largest absolute Gasteiger partial charge is 0.369 e. The van der Waals surface area contributed by atoms with Crippen LogP contribution in [0.1, 0.15) is 63.9 Å². The minimum atomic E-state index is 0.351. The Bertz CT molecular complexity index is 682. The Morgan fingerprint density at radius 1 is 1.18 bits per heavy atom. The van der Waals surface area contributed by atoms with Gasteiger partial charge in [0.25, 0.3) is 0 Å². The molecule has 152 valence electrons. The lowest BCUT2D eigenvalue weighted by Crippen LogP contribution is -2.49. The number of unbranched alkanes of at least 4 members (excludes halogenated alkanes) is 1. The SMILES string of the molecule is C=C/C=C1/C(=C)N(C)C(CCCC)CN1CCC1(c2ccccc2)CCCC1. The summed E-state index contributed by atoms with van der Waals surface area (Å²) in [6.07, 6.45) is 14.4. The van der Waals surface area contributed by atoms with Gasteiger partial charge in [-0.05, 0) is 42.7 Å². The van der Waals surface area contributed by atoms with Crippen LogP contribution in [0.2, 0.25) is 0 Å². The van der Waals surface area contributed by atoms with Crippen LogP contribution in [0.25, 0.3) is 0 Å². The molecule has 1 saturated carbocycles. The fourth-order valence-corrected chi connectivity index (χ4v) is 5.18. The Morgan fingerprint density at radius 3 is 2.54 bits per heavy atom. The van der Waals surface area contributed by atoms with Crippen molar-refractivity contribution in [1.29, 1.82) is 0 Å². The number of piperazine rings is 1. The van der Waals surface area contributed by atoms with Crippen molar-refractivity contribution in [1.82, 2.24) is 9.80 Å². The standard InChI is InChI=1S/C26H38N2/c1-5-7-16-24-21-28(25(13-6-2)22(3)27(24)4)20-19-26(17-11-12-18-26)23-14-9-8-10-15-23/h6,8-10,13-15,24H,2-3,5,7,11-12,16-21H2,1,4H3/b25-13-. The van der Waals surface area contributed by atoms with E-state index < -0.39 is 0 Å². The molecule has 1 aromatic rings. The van der Waals surface area contributed by atoms with E-state index in [1.165, 1.54) is 62.6 Å². The summed E-state index contributed by atoms with van der Waals surface area (Å²) < 4.78 is 0. The summed E-state index contributed by atoms with van der Waals surface area (Å²) >= 11 is 0. The van der Waals surface area contributed by atoms with Crippen LogP contribution in [-0.2, 0) is 5.41 Å². The maximum atomic E-state index is 4.43. The second kappa shape index (κ2) is 9.49. The van der Waals surface area contributed by atoms with Crippen molar-refractivity contribution >= 4 is 0 Å². The maximum absolute atomic E-state index is 4.43. The highest BCUT2D eigenvalue weighted by molar-refractivity contribution is 5.33. The molecule has 1 aliphatic heterocycles. The summed E-state index contributed by atoms with van der Waals surface area (Å²) in [6.45, 7) is 12.9. The van der Waals surface area contributed by atoms with Gasteiger partial charge in [-0.2, -0.15) is 0 Å². The van der Waals surface area contributed by atoms with E-state index >= 15 is 0 Å². The first kappa shape index (κ1) is 20.8. The van der Waals surface area contributed by atoms with E-state index in [-0.39, 0.29) is 0 Å². The lowest BCUT2D eigenvalue weighted by Gasteiger charge is -2.46. The quantitative estimate of drug-likeness (QED) is 0.525. The van der Waals surface area contributed by atoms with Gasteiger partial charge in [0.1, 0.15) is 0 Å². The van der Waals surface area contributed by atoms with Gasteiger partial charge < -0.3 is 9.80 Å². The summed E-state index contributed by atoms with van der Waals surface area (Å²) in [7, 11) is 2.21. The van der Waals surface area contributed by atoms with Gasteiger partial charge in [-0.1, -0.05) is 82.2 Å². The van der Waals surface area contributed by atoms with Gasteiger partial charge >= 0.3 is 0 Å². The van der Waals surface area contributed by atoms with Crippen molar-refractivity contribution in [2.45, 2.75) is 69.7 Å². The summed E-state index contributed by atoms with van der Waals surface area (Å²) in [5.74, 6) is 0. The Hall–Kier alpha value is -1.96. The molecule has 1 atom stereocenters. The molecule has 2 nitrogen and oxygen atoms in total. The van der Waals surface area contributed by atoms with Crippen LogP contribution in [0.4, 0.5) is 0 Å². The Morgan fingerprint density at radius 2 is 1.89 bits per heavy atom. The second-order valence-corrected chi connectivity index (χ2v) is 8.69. The van der Waals surface area contributed by atoms with Gasteiger partial charge in [-0.15, -0.1) is 0 Å². The monoisotopic (exact) mass is 378 g/mol. The topological polar surface area (TPSA) is 6.48 Å². The fourth-order valence-electron chi connectivity index (χ4n) is 5.18. The lowest BCUT2D eigenvalue weighted by molar-refractivity contribution is 0.155. The first-order valence-corrected chi connectivity index (χ1v) is 11.2. The Kier molecular flexibility index (Phi) is 7.04. The van der Waals surface area contributed by atoms with Crippen molar-refractivity contribution < 1.29 is 0 Å². The van der Waals surface area contributed by atoms with Gasteiger partial charge in [-0.25, -0.2) is 0 Å². The molecule has 0 amide bonds. The third kappa shape index (κ3) is 4.37. The number of rotatable bonds is 8. The molecule has 3 rings (SSSR count). The highest BCUT2D eigenvalue weighted by atomic mass is 15.3. The lowest BCUT2D eigenvalue weighted by atomic mass is 9.76. The van der Waals surface area contributed by atoms with Gasteiger partial charge in [0.05, 0.1) is 11.4 Å². The van der Waals surface area contributed by atoms with Crippen molar-refractivity contribution in [3.05, 3.63) is 72.6 Å². The minimum absolute atomic E-state index is 0.351. The van der Waals surface area contributed by atoms with Crippen molar-refractivity contribution in [3.8, 4) is 0 Å². The summed E-state index contributed by atoms with van der Waals surface area (Å²) in [6, 6.07) is 11.8. The molecule has 1 heterocycles. The van der Waals surface area contributed by atoms with Gasteiger partial charge in [0.15, 0.2) is 0 Å². The molecule has 0 spiro atoms. The number of hydrogen-bond donors (Lipinski definition) is 0. The molecule has 2 aliphatic rings. The minimum Gasteiger partial charge on any atom is -0.369 e. The molecule has 0 aromatic heterocycles. The third-order valence-corrected chi connectivity index (χ3v) is 7.01. The van der Waals surface area contributed by atoms with Crippen LogP contribution < -0.4 is 0 Å². The fraction of sp³-hybridized carbons (Fsp3) is 0.538. The molecule has 0 bridgehead atoms. The van der Waals surface area contributed by atoms with Crippen molar-refractivity contribution in [3.63, 3.8) is 0 Å². The number of nitrogens with zero attached hydrogens (tertiary/aromatic N) is 2. The molecule has 0 radical (unpaired) electrons. The molecule has 1 saturated heterocycles. The van der Waals surface area contributed by atoms with Gasteiger partial charge in [0, 0.05) is 26.2 Å². The van der Waals surface area contributed by atoms with E-state index in [1.807, 2.05) is 6.08 Å². The molecule has 2 heteroatoms. The highest BCUT2D eigenvalue weighted by Crippen LogP contribution is 2.44. The zero-order valence-electron chi connectivity index (χ0n) is 18.0. The van der Waals surface area contributed by atoms with E-state index in [9.17, 15) is 0 Å². The normalized spacial score (nSPS) is 23.4. The third-order valence-electron chi connectivity index (χ3n) is 7.01. The Labute approximate surface area is 172 Å². The van der Waals surface area contributed by atoms with E-state index in [4.69, 9.17) is 0 Å². The Balaban J connectivity index is 1.78. The van der Waals surface area contributed by atoms with Crippen molar-refractivity contribution in [2.75, 3.05) is 20.1 Å². The van der Waals surface area contributed by atoms with E-state index in [0.717, 1.165) is 18.8 Å². The van der Waals surface area contributed by atoms with E-state index in [2.05, 4.69) is 73.3 Å². The molecule has 0 N–H and O–H groups in total. The van der Waals surface area contributed by atoms with Gasteiger partial charge in [-0.3, -0.25) is 0 Å². The van der Waals surface area contributed by atoms with Crippen LogP contribution in [0.5, 0.6) is 0 Å². The zero-order chi connectivity index (χ0) is 20.0. The second-order valence-electron chi connectivity index (χ2n) is 8.69. The van der Waals surface area contributed by atoms with Crippen molar-refractivity contribution in [2.24, 2.45) is 0 Å². The number of hydrogen-bond acceptors (Lipinski definition) is 2. The first-order valence-electron chi connectivity index (χ1n) is 11.2. The van der Waals surface area contributed by atoms with Crippen LogP contribution in [0.15, 0.2) is 67.0 Å².